The highest BCUT2D eigenvalue weighted by Gasteiger charge is 2.20. The molecule has 130 valence electrons. The fourth-order valence-corrected chi connectivity index (χ4v) is 3.27. The van der Waals surface area contributed by atoms with E-state index < -0.39 is 10.8 Å². The lowest BCUT2D eigenvalue weighted by molar-refractivity contribution is -0.384. The van der Waals surface area contributed by atoms with Gasteiger partial charge in [-0.25, -0.2) is 0 Å². The molecule has 0 saturated carbocycles. The van der Waals surface area contributed by atoms with Crippen LogP contribution in [0.15, 0.2) is 36.4 Å². The number of hydrogen-bond donors (Lipinski definition) is 1. The minimum atomic E-state index is -0.560. The van der Waals surface area contributed by atoms with Gasteiger partial charge in [0.2, 0.25) is 0 Å². The van der Waals surface area contributed by atoms with E-state index in [-0.39, 0.29) is 16.3 Å². The molecule has 0 atom stereocenters. The second-order valence-corrected chi connectivity index (χ2v) is 6.57. The number of carbonyl (C=O) groups is 1. The number of halogens is 2. The minimum absolute atomic E-state index is 0.0245. The summed E-state index contributed by atoms with van der Waals surface area (Å²) in [6.07, 6.45) is 2.20. The van der Waals surface area contributed by atoms with E-state index >= 15 is 0 Å². The van der Waals surface area contributed by atoms with Gasteiger partial charge in [-0.3, -0.25) is 14.9 Å². The van der Waals surface area contributed by atoms with Gasteiger partial charge in [0.05, 0.1) is 26.9 Å². The molecule has 1 saturated heterocycles. The van der Waals surface area contributed by atoms with Crippen LogP contribution >= 0.6 is 23.2 Å². The smallest absolute Gasteiger partial charge is 0.270 e. The molecule has 1 aliphatic heterocycles. The van der Waals surface area contributed by atoms with Crippen molar-refractivity contribution >= 4 is 46.2 Å². The zero-order chi connectivity index (χ0) is 18.0. The predicted molar refractivity (Wildman–Crippen MR) is 99.0 cm³/mol. The van der Waals surface area contributed by atoms with Gasteiger partial charge < -0.3 is 10.2 Å². The Morgan fingerprint density at radius 2 is 1.84 bits per heavy atom. The molecular formula is C17H15Cl2N3O3. The third-order valence-corrected chi connectivity index (χ3v) is 4.61. The van der Waals surface area contributed by atoms with Crippen LogP contribution in [0.25, 0.3) is 0 Å². The minimum Gasteiger partial charge on any atom is -0.370 e. The first-order valence-corrected chi connectivity index (χ1v) is 8.51. The van der Waals surface area contributed by atoms with Crippen molar-refractivity contribution in [3.8, 4) is 0 Å². The Morgan fingerprint density at radius 1 is 1.12 bits per heavy atom. The van der Waals surface area contributed by atoms with Gasteiger partial charge in [0.1, 0.15) is 0 Å². The molecule has 1 heterocycles. The van der Waals surface area contributed by atoms with Crippen molar-refractivity contribution in [2.75, 3.05) is 23.3 Å². The zero-order valence-corrected chi connectivity index (χ0v) is 14.7. The number of nitro groups is 1. The largest absolute Gasteiger partial charge is 0.370 e. The summed E-state index contributed by atoms with van der Waals surface area (Å²) in [6.45, 7) is 1.84. The number of nitrogens with one attached hydrogen (secondary N) is 1. The van der Waals surface area contributed by atoms with E-state index in [4.69, 9.17) is 23.2 Å². The summed E-state index contributed by atoms with van der Waals surface area (Å²) in [5.41, 5.74) is 1.49. The van der Waals surface area contributed by atoms with Crippen molar-refractivity contribution in [1.82, 2.24) is 0 Å². The SMILES string of the molecule is O=C(Nc1cc(Cl)ccc1N1CCCC1)c1ccc([N+](=O)[O-])cc1Cl. The molecule has 2 aromatic carbocycles. The molecule has 1 amide bonds. The number of hydrogen-bond acceptors (Lipinski definition) is 4. The normalized spacial score (nSPS) is 13.8. The van der Waals surface area contributed by atoms with Crippen LogP contribution in [0, 0.1) is 10.1 Å². The molecule has 0 bridgehead atoms. The molecule has 0 aliphatic carbocycles. The summed E-state index contributed by atoms with van der Waals surface area (Å²) in [5, 5.41) is 14.1. The van der Waals surface area contributed by atoms with Gasteiger partial charge in [-0.15, -0.1) is 0 Å². The maximum atomic E-state index is 12.6. The molecule has 0 spiro atoms. The first kappa shape index (κ1) is 17.5. The molecule has 2 aromatic rings. The Morgan fingerprint density at radius 3 is 2.48 bits per heavy atom. The maximum Gasteiger partial charge on any atom is 0.270 e. The summed E-state index contributed by atoms with van der Waals surface area (Å²) in [7, 11) is 0. The molecule has 0 unspecified atom stereocenters. The van der Waals surface area contributed by atoms with Crippen molar-refractivity contribution in [2.24, 2.45) is 0 Å². The summed E-state index contributed by atoms with van der Waals surface area (Å²) in [6, 6.07) is 9.10. The number of non-ortho nitro benzene ring substituents is 1. The van der Waals surface area contributed by atoms with Gasteiger partial charge in [0.15, 0.2) is 0 Å². The number of nitro benzene ring substituents is 1. The Labute approximate surface area is 154 Å². The van der Waals surface area contributed by atoms with E-state index in [2.05, 4.69) is 10.2 Å². The van der Waals surface area contributed by atoms with Crippen molar-refractivity contribution in [1.29, 1.82) is 0 Å². The lowest BCUT2D eigenvalue weighted by Crippen LogP contribution is -2.21. The number of carbonyl (C=O) groups excluding carboxylic acids is 1. The van der Waals surface area contributed by atoms with Crippen molar-refractivity contribution in [3.63, 3.8) is 0 Å². The first-order chi connectivity index (χ1) is 12.0. The van der Waals surface area contributed by atoms with Crippen LogP contribution in [0.1, 0.15) is 23.2 Å². The highest BCUT2D eigenvalue weighted by molar-refractivity contribution is 6.35. The van der Waals surface area contributed by atoms with Gasteiger partial charge in [-0.2, -0.15) is 0 Å². The molecular weight excluding hydrogens is 365 g/mol. The fourth-order valence-electron chi connectivity index (χ4n) is 2.83. The average molecular weight is 380 g/mol. The summed E-state index contributed by atoms with van der Waals surface area (Å²) in [4.78, 5) is 25.0. The van der Waals surface area contributed by atoms with Crippen molar-refractivity contribution in [2.45, 2.75) is 12.8 Å². The molecule has 1 aliphatic rings. The molecule has 8 heteroatoms. The van der Waals surface area contributed by atoms with Gasteiger partial charge in [0, 0.05) is 30.2 Å². The summed E-state index contributed by atoms with van der Waals surface area (Å²) < 4.78 is 0. The number of anilines is 2. The van der Waals surface area contributed by atoms with Gasteiger partial charge in [-0.1, -0.05) is 23.2 Å². The zero-order valence-electron chi connectivity index (χ0n) is 13.2. The highest BCUT2D eigenvalue weighted by Crippen LogP contribution is 2.32. The Balaban J connectivity index is 1.88. The van der Waals surface area contributed by atoms with E-state index in [1.807, 2.05) is 6.07 Å². The Hall–Kier alpha value is -2.31. The van der Waals surface area contributed by atoms with E-state index in [1.165, 1.54) is 12.1 Å². The standard InChI is InChI=1S/C17H15Cl2N3O3/c18-11-3-6-16(21-7-1-2-8-21)15(9-11)20-17(23)13-5-4-12(22(24)25)10-14(13)19/h3-6,9-10H,1-2,7-8H2,(H,20,23). The predicted octanol–water partition coefficient (Wildman–Crippen LogP) is 4.75. The number of benzene rings is 2. The van der Waals surface area contributed by atoms with Crippen LogP contribution in [0.2, 0.25) is 10.0 Å². The second kappa shape index (κ2) is 7.29. The lowest BCUT2D eigenvalue weighted by atomic mass is 10.1. The second-order valence-electron chi connectivity index (χ2n) is 5.73. The molecule has 0 radical (unpaired) electrons. The maximum absolute atomic E-state index is 12.6. The first-order valence-electron chi connectivity index (χ1n) is 7.75. The molecule has 0 aromatic heterocycles. The van der Waals surface area contributed by atoms with Crippen LogP contribution in [0.4, 0.5) is 17.1 Å². The van der Waals surface area contributed by atoms with Crippen molar-refractivity contribution < 1.29 is 9.72 Å². The van der Waals surface area contributed by atoms with E-state index in [0.717, 1.165) is 37.7 Å². The fraction of sp³-hybridized carbons (Fsp3) is 0.235. The van der Waals surface area contributed by atoms with Crippen LogP contribution < -0.4 is 10.2 Å². The van der Waals surface area contributed by atoms with Crippen molar-refractivity contribution in [3.05, 3.63) is 62.1 Å². The Kier molecular flexibility index (Phi) is 5.11. The molecule has 1 fully saturated rings. The lowest BCUT2D eigenvalue weighted by Gasteiger charge is -2.22. The third-order valence-electron chi connectivity index (χ3n) is 4.06. The van der Waals surface area contributed by atoms with Gasteiger partial charge in [0.25, 0.3) is 11.6 Å². The quantitative estimate of drug-likeness (QED) is 0.613. The highest BCUT2D eigenvalue weighted by atomic mass is 35.5. The van der Waals surface area contributed by atoms with Gasteiger partial charge >= 0.3 is 0 Å². The molecule has 6 nitrogen and oxygen atoms in total. The van der Waals surface area contributed by atoms with E-state index in [0.29, 0.717) is 10.7 Å². The third kappa shape index (κ3) is 3.86. The summed E-state index contributed by atoms with van der Waals surface area (Å²) >= 11 is 12.1. The van der Waals surface area contributed by atoms with Crippen LogP contribution in [0.5, 0.6) is 0 Å². The van der Waals surface area contributed by atoms with Crippen LogP contribution in [-0.2, 0) is 0 Å². The number of nitrogens with zero attached hydrogens (tertiary/aromatic N) is 2. The topological polar surface area (TPSA) is 75.5 Å². The summed E-state index contributed by atoms with van der Waals surface area (Å²) in [5.74, 6) is -0.442. The number of amides is 1. The monoisotopic (exact) mass is 379 g/mol. The average Bonchev–Trinajstić information content (AvgIpc) is 3.09. The molecule has 1 N–H and O–H groups in total. The van der Waals surface area contributed by atoms with Gasteiger partial charge in [-0.05, 0) is 37.1 Å². The molecule has 25 heavy (non-hydrogen) atoms. The van der Waals surface area contributed by atoms with Crippen LogP contribution in [-0.4, -0.2) is 23.9 Å². The van der Waals surface area contributed by atoms with E-state index in [1.54, 1.807) is 12.1 Å². The Bertz CT molecular complexity index is 836. The van der Waals surface area contributed by atoms with E-state index in [9.17, 15) is 14.9 Å². The molecule has 3 rings (SSSR count). The van der Waals surface area contributed by atoms with Crippen LogP contribution in [0.3, 0.4) is 0 Å². The number of rotatable bonds is 4.